The number of thiophene rings is 1. The van der Waals surface area contributed by atoms with Gasteiger partial charge >= 0.3 is 0 Å². The van der Waals surface area contributed by atoms with Gasteiger partial charge in [0.25, 0.3) is 5.91 Å². The molecule has 4 nitrogen and oxygen atoms in total. The molecule has 3 rings (SSSR count). The summed E-state index contributed by atoms with van der Waals surface area (Å²) in [6, 6.07) is 10.1. The zero-order valence-corrected chi connectivity index (χ0v) is 18.4. The number of carbonyl (C=O) groups is 1. The second-order valence-corrected chi connectivity index (χ2v) is 8.90. The van der Waals surface area contributed by atoms with Crippen molar-refractivity contribution >= 4 is 28.6 Å². The molecule has 0 spiro atoms. The Hall–Kier alpha value is -2.18. The fourth-order valence-electron chi connectivity index (χ4n) is 3.01. The van der Waals surface area contributed by atoms with Crippen LogP contribution in [0.3, 0.4) is 0 Å². The maximum Gasteiger partial charge on any atom is 0.264 e. The van der Waals surface area contributed by atoms with E-state index in [4.69, 9.17) is 9.72 Å². The van der Waals surface area contributed by atoms with E-state index in [-0.39, 0.29) is 11.9 Å². The normalized spacial score (nSPS) is 12.0. The van der Waals surface area contributed by atoms with Crippen LogP contribution in [0.25, 0.3) is 0 Å². The fourth-order valence-corrected chi connectivity index (χ4v) is 4.39. The number of aryl methyl sites for hydroxylation is 2. The molecule has 0 radical (unpaired) electrons. The smallest absolute Gasteiger partial charge is 0.264 e. The minimum atomic E-state index is 0.0744. The molecule has 0 bridgehead atoms. The van der Waals surface area contributed by atoms with Crippen molar-refractivity contribution in [2.24, 2.45) is 0 Å². The van der Waals surface area contributed by atoms with Crippen LogP contribution in [0.5, 0.6) is 5.75 Å². The average molecular weight is 415 g/mol. The van der Waals surface area contributed by atoms with Crippen molar-refractivity contribution in [1.29, 1.82) is 0 Å². The largest absolute Gasteiger partial charge is 0.486 e. The van der Waals surface area contributed by atoms with Gasteiger partial charge in [0.2, 0.25) is 0 Å². The van der Waals surface area contributed by atoms with Crippen LogP contribution in [-0.2, 0) is 13.2 Å². The highest BCUT2D eigenvalue weighted by atomic mass is 32.1. The Morgan fingerprint density at radius 1 is 1.21 bits per heavy atom. The summed E-state index contributed by atoms with van der Waals surface area (Å²) in [7, 11) is 0. The molecule has 1 amide bonds. The number of rotatable bonds is 8. The van der Waals surface area contributed by atoms with E-state index in [0.29, 0.717) is 13.2 Å². The number of ether oxygens (including phenoxy) is 1. The molecule has 0 aliphatic heterocycles. The number of nitrogens with zero attached hydrogens (tertiary/aromatic N) is 2. The molecule has 0 aliphatic rings. The Labute approximate surface area is 174 Å². The fraction of sp³-hybridized carbons (Fsp3) is 0.364. The number of hydrogen-bond acceptors (Lipinski definition) is 5. The summed E-state index contributed by atoms with van der Waals surface area (Å²) in [6.45, 7) is 9.28. The molecule has 2 aromatic heterocycles. The zero-order chi connectivity index (χ0) is 20.1. The van der Waals surface area contributed by atoms with Gasteiger partial charge in [-0.2, -0.15) is 0 Å². The maximum atomic E-state index is 12.9. The minimum absolute atomic E-state index is 0.0744. The SMILES string of the molecule is CC[C@@H](C)N(Cc1csc(COc2cc(C)cc(C)c2)n1)C(=O)c1cccs1. The summed E-state index contributed by atoms with van der Waals surface area (Å²) >= 11 is 3.06. The molecule has 0 fully saturated rings. The summed E-state index contributed by atoms with van der Waals surface area (Å²) < 4.78 is 5.92. The lowest BCUT2D eigenvalue weighted by Gasteiger charge is -2.27. The number of amides is 1. The third-order valence-electron chi connectivity index (χ3n) is 4.60. The van der Waals surface area contributed by atoms with E-state index in [9.17, 15) is 4.79 Å². The highest BCUT2D eigenvalue weighted by Crippen LogP contribution is 2.21. The van der Waals surface area contributed by atoms with Crippen molar-refractivity contribution in [1.82, 2.24) is 9.88 Å². The van der Waals surface area contributed by atoms with Gasteiger partial charge < -0.3 is 9.64 Å². The summed E-state index contributed by atoms with van der Waals surface area (Å²) in [6.07, 6.45) is 0.907. The Kier molecular flexibility index (Phi) is 6.86. The minimum Gasteiger partial charge on any atom is -0.486 e. The van der Waals surface area contributed by atoms with E-state index in [0.717, 1.165) is 27.7 Å². The predicted molar refractivity (Wildman–Crippen MR) is 116 cm³/mol. The summed E-state index contributed by atoms with van der Waals surface area (Å²) in [5.74, 6) is 0.939. The van der Waals surface area contributed by atoms with E-state index in [1.54, 1.807) is 11.3 Å². The molecule has 0 saturated heterocycles. The quantitative estimate of drug-likeness (QED) is 0.465. The lowest BCUT2D eigenvalue weighted by atomic mass is 10.1. The maximum absolute atomic E-state index is 12.9. The highest BCUT2D eigenvalue weighted by Gasteiger charge is 2.22. The van der Waals surface area contributed by atoms with Gasteiger partial charge in [0.1, 0.15) is 17.4 Å². The number of thiazole rings is 1. The van der Waals surface area contributed by atoms with E-state index in [1.165, 1.54) is 22.5 Å². The molecule has 148 valence electrons. The van der Waals surface area contributed by atoms with Gasteiger partial charge in [0.05, 0.1) is 17.1 Å². The Morgan fingerprint density at radius 3 is 2.61 bits per heavy atom. The molecule has 3 aromatic rings. The Bertz CT molecular complexity index is 898. The van der Waals surface area contributed by atoms with E-state index in [1.807, 2.05) is 39.9 Å². The lowest BCUT2D eigenvalue weighted by Crippen LogP contribution is -2.37. The molecule has 0 unspecified atom stereocenters. The van der Waals surface area contributed by atoms with Crippen molar-refractivity contribution in [3.63, 3.8) is 0 Å². The van der Waals surface area contributed by atoms with Crippen molar-refractivity contribution in [2.75, 3.05) is 0 Å². The topological polar surface area (TPSA) is 42.4 Å². The lowest BCUT2D eigenvalue weighted by molar-refractivity contribution is 0.0674. The van der Waals surface area contributed by atoms with E-state index in [2.05, 4.69) is 33.8 Å². The van der Waals surface area contributed by atoms with Gasteiger partial charge in [-0.05, 0) is 61.9 Å². The molecule has 1 aromatic carbocycles. The van der Waals surface area contributed by atoms with Gasteiger partial charge in [0, 0.05) is 11.4 Å². The molecular weight excluding hydrogens is 388 g/mol. The second-order valence-electron chi connectivity index (χ2n) is 7.01. The van der Waals surface area contributed by atoms with Crippen LogP contribution >= 0.6 is 22.7 Å². The average Bonchev–Trinajstić information content (AvgIpc) is 3.34. The zero-order valence-electron chi connectivity index (χ0n) is 16.8. The first-order valence-corrected chi connectivity index (χ1v) is 11.2. The molecule has 0 aliphatic carbocycles. The highest BCUT2D eigenvalue weighted by molar-refractivity contribution is 7.12. The van der Waals surface area contributed by atoms with Crippen molar-refractivity contribution in [2.45, 2.75) is 53.3 Å². The molecule has 6 heteroatoms. The summed E-state index contributed by atoms with van der Waals surface area (Å²) in [5, 5.41) is 4.88. The van der Waals surface area contributed by atoms with Crippen LogP contribution in [0.2, 0.25) is 0 Å². The first kappa shape index (κ1) is 20.6. The van der Waals surface area contributed by atoms with Gasteiger partial charge in [0.15, 0.2) is 0 Å². The molecule has 28 heavy (non-hydrogen) atoms. The third kappa shape index (κ3) is 5.20. The van der Waals surface area contributed by atoms with Gasteiger partial charge in [-0.15, -0.1) is 22.7 Å². The van der Waals surface area contributed by atoms with Crippen LogP contribution < -0.4 is 4.74 Å². The first-order chi connectivity index (χ1) is 13.5. The molecule has 0 N–H and O–H groups in total. The summed E-state index contributed by atoms with van der Waals surface area (Å²) in [4.78, 5) is 20.3. The van der Waals surface area contributed by atoms with Crippen molar-refractivity contribution in [3.8, 4) is 5.75 Å². The Balaban J connectivity index is 1.66. The van der Waals surface area contributed by atoms with Crippen LogP contribution in [0.4, 0.5) is 0 Å². The standard InChI is InChI=1S/C22H26N2O2S2/c1-5-17(4)24(22(25)20-7-6-8-27-20)12-18-14-28-21(23-18)13-26-19-10-15(2)9-16(3)11-19/h6-11,14,17H,5,12-13H2,1-4H3/t17-/m1/s1. The van der Waals surface area contributed by atoms with Gasteiger partial charge in [-0.3, -0.25) is 4.79 Å². The molecule has 1 atom stereocenters. The van der Waals surface area contributed by atoms with Crippen LogP contribution in [-0.4, -0.2) is 21.8 Å². The van der Waals surface area contributed by atoms with E-state index >= 15 is 0 Å². The number of aromatic nitrogens is 1. The van der Waals surface area contributed by atoms with Crippen molar-refractivity contribution < 1.29 is 9.53 Å². The van der Waals surface area contributed by atoms with Crippen LogP contribution in [0.15, 0.2) is 41.1 Å². The van der Waals surface area contributed by atoms with Crippen LogP contribution in [0.1, 0.15) is 51.8 Å². The number of benzene rings is 1. The van der Waals surface area contributed by atoms with Crippen LogP contribution in [0, 0.1) is 13.8 Å². The predicted octanol–water partition coefficient (Wildman–Crippen LogP) is 5.84. The number of hydrogen-bond donors (Lipinski definition) is 0. The van der Waals surface area contributed by atoms with Gasteiger partial charge in [-0.1, -0.05) is 19.1 Å². The number of carbonyl (C=O) groups excluding carboxylic acids is 1. The molecular formula is C22H26N2O2S2. The third-order valence-corrected chi connectivity index (χ3v) is 6.33. The second kappa shape index (κ2) is 9.34. The Morgan fingerprint density at radius 2 is 1.96 bits per heavy atom. The van der Waals surface area contributed by atoms with E-state index < -0.39 is 0 Å². The molecule has 2 heterocycles. The first-order valence-electron chi connectivity index (χ1n) is 9.45. The van der Waals surface area contributed by atoms with Gasteiger partial charge in [-0.25, -0.2) is 4.98 Å². The molecule has 0 saturated carbocycles. The summed E-state index contributed by atoms with van der Waals surface area (Å²) in [5.41, 5.74) is 3.28. The monoisotopic (exact) mass is 414 g/mol. The van der Waals surface area contributed by atoms with Crippen molar-refractivity contribution in [3.05, 3.63) is 67.8 Å².